The molecule has 1 fully saturated rings. The van der Waals surface area contributed by atoms with E-state index < -0.39 is 0 Å². The predicted octanol–water partition coefficient (Wildman–Crippen LogP) is 3.19. The van der Waals surface area contributed by atoms with Gasteiger partial charge in [-0.2, -0.15) is 0 Å². The van der Waals surface area contributed by atoms with Gasteiger partial charge in [0.2, 0.25) is 0 Å². The van der Waals surface area contributed by atoms with Crippen molar-refractivity contribution >= 4 is 11.6 Å². The molecule has 1 aliphatic heterocycles. The molecule has 1 aromatic carbocycles. The summed E-state index contributed by atoms with van der Waals surface area (Å²) >= 11 is 6.38. The van der Waals surface area contributed by atoms with Crippen LogP contribution in [0.25, 0.3) is 0 Å². The fourth-order valence-corrected chi connectivity index (χ4v) is 3.19. The molecular formula is C17H27ClN2O. The van der Waals surface area contributed by atoms with Gasteiger partial charge in [0.15, 0.2) is 0 Å². The van der Waals surface area contributed by atoms with E-state index in [9.17, 15) is 0 Å². The number of methoxy groups -OCH3 is 1. The predicted molar refractivity (Wildman–Crippen MR) is 89.7 cm³/mol. The third-order valence-electron chi connectivity index (χ3n) is 4.35. The smallest absolute Gasteiger partial charge is 0.122 e. The molecule has 0 atom stereocenters. The molecular weight excluding hydrogens is 284 g/mol. The van der Waals surface area contributed by atoms with Gasteiger partial charge in [0, 0.05) is 31.2 Å². The second kappa shape index (κ2) is 8.02. The Bertz CT molecular complexity index is 470. The highest BCUT2D eigenvalue weighted by atomic mass is 35.5. The summed E-state index contributed by atoms with van der Waals surface area (Å²) in [6.07, 6.45) is 3.45. The van der Waals surface area contributed by atoms with Gasteiger partial charge >= 0.3 is 0 Å². The standard InChI is InChI=1S/C17H27ClN2O/c1-13-12-16(21-3)15(14(2)17(13)18)6-4-5-9-20-10-7-19-8-11-20/h12,19H,4-11H2,1-3H3. The Morgan fingerprint density at radius 2 is 1.95 bits per heavy atom. The number of nitrogens with zero attached hydrogens (tertiary/aromatic N) is 1. The minimum absolute atomic E-state index is 0.882. The lowest BCUT2D eigenvalue weighted by molar-refractivity contribution is 0.236. The first kappa shape index (κ1) is 16.6. The van der Waals surface area contributed by atoms with Crippen LogP contribution in [0.5, 0.6) is 5.75 Å². The van der Waals surface area contributed by atoms with Crippen molar-refractivity contribution < 1.29 is 4.74 Å². The van der Waals surface area contributed by atoms with E-state index in [1.807, 2.05) is 6.92 Å². The molecule has 0 spiro atoms. The molecule has 0 aromatic heterocycles. The maximum Gasteiger partial charge on any atom is 0.122 e. The Balaban J connectivity index is 1.89. The SMILES string of the molecule is COc1cc(C)c(Cl)c(C)c1CCCCN1CCNCC1. The van der Waals surface area contributed by atoms with E-state index >= 15 is 0 Å². The largest absolute Gasteiger partial charge is 0.496 e. The molecule has 4 heteroatoms. The van der Waals surface area contributed by atoms with Crippen LogP contribution in [0.1, 0.15) is 29.5 Å². The highest BCUT2D eigenvalue weighted by molar-refractivity contribution is 6.32. The molecule has 0 bridgehead atoms. The highest BCUT2D eigenvalue weighted by Gasteiger charge is 2.13. The summed E-state index contributed by atoms with van der Waals surface area (Å²) in [5.41, 5.74) is 3.54. The maximum absolute atomic E-state index is 6.38. The van der Waals surface area contributed by atoms with Crippen LogP contribution in [0.3, 0.4) is 0 Å². The van der Waals surface area contributed by atoms with E-state index in [2.05, 4.69) is 23.2 Å². The zero-order valence-electron chi connectivity index (χ0n) is 13.5. The number of piperazine rings is 1. The molecule has 0 aliphatic carbocycles. The van der Waals surface area contributed by atoms with Crippen molar-refractivity contribution in [1.29, 1.82) is 0 Å². The van der Waals surface area contributed by atoms with Gasteiger partial charge in [-0.05, 0) is 62.4 Å². The lowest BCUT2D eigenvalue weighted by atomic mass is 9.99. The summed E-state index contributed by atoms with van der Waals surface area (Å²) in [6, 6.07) is 2.06. The number of ether oxygens (including phenoxy) is 1. The van der Waals surface area contributed by atoms with Crippen LogP contribution >= 0.6 is 11.6 Å². The molecule has 1 aliphatic rings. The van der Waals surface area contributed by atoms with E-state index in [0.717, 1.165) is 35.8 Å². The third-order valence-corrected chi connectivity index (χ3v) is 4.94. The molecule has 0 radical (unpaired) electrons. The van der Waals surface area contributed by atoms with Crippen LogP contribution in [-0.4, -0.2) is 44.7 Å². The first-order valence-corrected chi connectivity index (χ1v) is 8.27. The normalized spacial score (nSPS) is 16.2. The van der Waals surface area contributed by atoms with Crippen molar-refractivity contribution in [1.82, 2.24) is 10.2 Å². The van der Waals surface area contributed by atoms with E-state index in [-0.39, 0.29) is 0 Å². The van der Waals surface area contributed by atoms with E-state index in [4.69, 9.17) is 16.3 Å². The van der Waals surface area contributed by atoms with Gasteiger partial charge in [-0.25, -0.2) is 0 Å². The van der Waals surface area contributed by atoms with Crippen LogP contribution in [0.15, 0.2) is 6.07 Å². The van der Waals surface area contributed by atoms with E-state index in [1.165, 1.54) is 43.6 Å². The molecule has 0 saturated carbocycles. The number of aryl methyl sites for hydroxylation is 1. The molecule has 1 aromatic rings. The molecule has 0 amide bonds. The fraction of sp³-hybridized carbons (Fsp3) is 0.647. The van der Waals surface area contributed by atoms with Gasteiger partial charge < -0.3 is 15.0 Å². The molecule has 118 valence electrons. The second-order valence-corrected chi connectivity index (χ2v) is 6.24. The molecule has 1 saturated heterocycles. The van der Waals surface area contributed by atoms with Gasteiger partial charge in [0.05, 0.1) is 7.11 Å². The van der Waals surface area contributed by atoms with Crippen molar-refractivity contribution in [2.24, 2.45) is 0 Å². The molecule has 3 nitrogen and oxygen atoms in total. The van der Waals surface area contributed by atoms with Crippen molar-refractivity contribution in [3.8, 4) is 5.75 Å². The lowest BCUT2D eigenvalue weighted by Crippen LogP contribution is -2.43. The molecule has 1 heterocycles. The average molecular weight is 311 g/mol. The third kappa shape index (κ3) is 4.35. The number of nitrogens with one attached hydrogen (secondary N) is 1. The lowest BCUT2D eigenvalue weighted by Gasteiger charge is -2.27. The van der Waals surface area contributed by atoms with Gasteiger partial charge in [-0.3, -0.25) is 0 Å². The first-order chi connectivity index (χ1) is 10.1. The van der Waals surface area contributed by atoms with Gasteiger partial charge in [0.25, 0.3) is 0 Å². The van der Waals surface area contributed by atoms with Gasteiger partial charge in [0.1, 0.15) is 5.75 Å². The van der Waals surface area contributed by atoms with Crippen LogP contribution < -0.4 is 10.1 Å². The van der Waals surface area contributed by atoms with Crippen LogP contribution in [-0.2, 0) is 6.42 Å². The van der Waals surface area contributed by atoms with Crippen molar-refractivity contribution in [3.05, 3.63) is 27.8 Å². The van der Waals surface area contributed by atoms with E-state index in [1.54, 1.807) is 7.11 Å². The second-order valence-electron chi connectivity index (χ2n) is 5.86. The highest BCUT2D eigenvalue weighted by Crippen LogP contribution is 2.32. The maximum atomic E-state index is 6.38. The Labute approximate surface area is 133 Å². The van der Waals surface area contributed by atoms with Gasteiger partial charge in [-0.15, -0.1) is 0 Å². The minimum atomic E-state index is 0.882. The van der Waals surface area contributed by atoms with Crippen LogP contribution in [0.2, 0.25) is 5.02 Å². The minimum Gasteiger partial charge on any atom is -0.496 e. The number of hydrogen-bond donors (Lipinski definition) is 1. The monoisotopic (exact) mass is 310 g/mol. The summed E-state index contributed by atoms with van der Waals surface area (Å²) in [6.45, 7) is 9.94. The number of hydrogen-bond acceptors (Lipinski definition) is 3. The quantitative estimate of drug-likeness (QED) is 0.817. The summed E-state index contributed by atoms with van der Waals surface area (Å²) in [4.78, 5) is 2.54. The topological polar surface area (TPSA) is 24.5 Å². The Morgan fingerprint density at radius 1 is 1.24 bits per heavy atom. The van der Waals surface area contributed by atoms with Gasteiger partial charge in [-0.1, -0.05) is 11.6 Å². The first-order valence-electron chi connectivity index (χ1n) is 7.89. The number of halogens is 1. The number of unbranched alkanes of at least 4 members (excludes halogenated alkanes) is 1. The Kier molecular flexibility index (Phi) is 6.34. The van der Waals surface area contributed by atoms with Crippen LogP contribution in [0.4, 0.5) is 0 Å². The van der Waals surface area contributed by atoms with Crippen molar-refractivity contribution in [2.45, 2.75) is 33.1 Å². The Hall–Kier alpha value is -0.770. The average Bonchev–Trinajstić information content (AvgIpc) is 2.51. The van der Waals surface area contributed by atoms with Crippen LogP contribution in [0, 0.1) is 13.8 Å². The number of benzene rings is 1. The Morgan fingerprint density at radius 3 is 2.62 bits per heavy atom. The zero-order chi connectivity index (χ0) is 15.2. The summed E-state index contributed by atoms with van der Waals surface area (Å²) in [5, 5.41) is 4.27. The van der Waals surface area contributed by atoms with E-state index in [0.29, 0.717) is 0 Å². The summed E-state index contributed by atoms with van der Waals surface area (Å²) in [5.74, 6) is 0.983. The molecule has 2 rings (SSSR count). The summed E-state index contributed by atoms with van der Waals surface area (Å²) < 4.78 is 5.53. The van der Waals surface area contributed by atoms with Crippen molar-refractivity contribution in [3.63, 3.8) is 0 Å². The summed E-state index contributed by atoms with van der Waals surface area (Å²) in [7, 11) is 1.74. The molecule has 21 heavy (non-hydrogen) atoms. The fourth-order valence-electron chi connectivity index (χ4n) is 3.02. The van der Waals surface area contributed by atoms with Crippen molar-refractivity contribution in [2.75, 3.05) is 39.8 Å². The molecule has 0 unspecified atom stereocenters. The zero-order valence-corrected chi connectivity index (χ0v) is 14.2. The molecule has 1 N–H and O–H groups in total. The number of rotatable bonds is 6.